The third-order valence-electron chi connectivity index (χ3n) is 4.90. The quantitative estimate of drug-likeness (QED) is 0.795. The molecule has 5 nitrogen and oxygen atoms in total. The maximum Gasteiger partial charge on any atom is 0.219 e. The summed E-state index contributed by atoms with van der Waals surface area (Å²) < 4.78 is 0. The molecule has 2 aromatic carbocycles. The van der Waals surface area contributed by atoms with E-state index in [1.54, 1.807) is 19.1 Å². The summed E-state index contributed by atoms with van der Waals surface area (Å²) in [6, 6.07) is 11.0. The van der Waals surface area contributed by atoms with Gasteiger partial charge in [-0.1, -0.05) is 30.3 Å². The fourth-order valence-electron chi connectivity index (χ4n) is 3.55. The summed E-state index contributed by atoms with van der Waals surface area (Å²) in [5.74, 6) is 0.0964. The second-order valence-corrected chi connectivity index (χ2v) is 6.49. The molecule has 25 heavy (non-hydrogen) atoms. The van der Waals surface area contributed by atoms with Gasteiger partial charge in [0, 0.05) is 19.0 Å². The Balaban J connectivity index is 1.96. The van der Waals surface area contributed by atoms with Gasteiger partial charge in [0.05, 0.1) is 19.3 Å². The van der Waals surface area contributed by atoms with Gasteiger partial charge in [0.2, 0.25) is 5.91 Å². The SMILES string of the molecule is CC(=O)N1CCc2cc(CO)ccc2C1Cc1ccc(CO)c(O)c1. The Morgan fingerprint density at radius 2 is 1.88 bits per heavy atom. The number of hydrogen-bond acceptors (Lipinski definition) is 4. The minimum Gasteiger partial charge on any atom is -0.508 e. The topological polar surface area (TPSA) is 81.0 Å². The number of carbonyl (C=O) groups is 1. The molecule has 3 N–H and O–H groups in total. The first-order chi connectivity index (χ1) is 12.0. The first kappa shape index (κ1) is 17.5. The Hall–Kier alpha value is -2.37. The lowest BCUT2D eigenvalue weighted by Gasteiger charge is -2.37. The molecule has 0 fully saturated rings. The van der Waals surface area contributed by atoms with Crippen LogP contribution in [0.4, 0.5) is 0 Å². The van der Waals surface area contributed by atoms with Gasteiger partial charge in [0.1, 0.15) is 5.75 Å². The van der Waals surface area contributed by atoms with Gasteiger partial charge < -0.3 is 20.2 Å². The number of hydrogen-bond donors (Lipinski definition) is 3. The summed E-state index contributed by atoms with van der Waals surface area (Å²) in [6.07, 6.45) is 1.36. The van der Waals surface area contributed by atoms with Crippen molar-refractivity contribution in [3.63, 3.8) is 0 Å². The number of nitrogens with zero attached hydrogens (tertiary/aromatic N) is 1. The van der Waals surface area contributed by atoms with Crippen LogP contribution in [0.5, 0.6) is 5.75 Å². The predicted octanol–water partition coefficient (Wildman–Crippen LogP) is 2.07. The zero-order chi connectivity index (χ0) is 18.0. The second-order valence-electron chi connectivity index (χ2n) is 6.49. The highest BCUT2D eigenvalue weighted by atomic mass is 16.3. The molecule has 1 aliphatic rings. The molecule has 1 amide bonds. The summed E-state index contributed by atoms with van der Waals surface area (Å²) in [5.41, 5.74) is 4.52. The van der Waals surface area contributed by atoms with E-state index in [9.17, 15) is 20.1 Å². The van der Waals surface area contributed by atoms with Crippen molar-refractivity contribution < 1.29 is 20.1 Å². The van der Waals surface area contributed by atoms with Crippen LogP contribution >= 0.6 is 0 Å². The van der Waals surface area contributed by atoms with Crippen molar-refractivity contribution in [2.45, 2.75) is 39.0 Å². The van der Waals surface area contributed by atoms with Gasteiger partial charge >= 0.3 is 0 Å². The molecule has 2 aromatic rings. The van der Waals surface area contributed by atoms with Crippen LogP contribution in [-0.2, 0) is 30.8 Å². The predicted molar refractivity (Wildman–Crippen MR) is 93.9 cm³/mol. The van der Waals surface area contributed by atoms with Gasteiger partial charge in [0.25, 0.3) is 0 Å². The van der Waals surface area contributed by atoms with E-state index in [2.05, 4.69) is 0 Å². The molecule has 0 saturated carbocycles. The van der Waals surface area contributed by atoms with Gasteiger partial charge in [-0.25, -0.2) is 0 Å². The number of rotatable bonds is 4. The van der Waals surface area contributed by atoms with Gasteiger partial charge in [-0.3, -0.25) is 4.79 Å². The third-order valence-corrected chi connectivity index (χ3v) is 4.90. The van der Waals surface area contributed by atoms with Crippen LogP contribution in [0.2, 0.25) is 0 Å². The van der Waals surface area contributed by atoms with E-state index in [-0.39, 0.29) is 30.9 Å². The standard InChI is InChI=1S/C20H23NO4/c1-13(24)21-7-6-16-8-15(11-22)3-5-18(16)19(21)9-14-2-4-17(12-23)20(25)10-14/h2-5,8,10,19,22-23,25H,6-7,9,11-12H2,1H3. The number of phenols is 1. The van der Waals surface area contributed by atoms with E-state index >= 15 is 0 Å². The van der Waals surface area contributed by atoms with E-state index in [1.807, 2.05) is 29.2 Å². The van der Waals surface area contributed by atoms with Gasteiger partial charge in [-0.2, -0.15) is 0 Å². The van der Waals surface area contributed by atoms with Crippen molar-refractivity contribution in [3.05, 3.63) is 64.2 Å². The fourth-order valence-corrected chi connectivity index (χ4v) is 3.55. The van der Waals surface area contributed by atoms with Crippen LogP contribution in [0.1, 0.15) is 40.8 Å². The molecule has 0 aromatic heterocycles. The van der Waals surface area contributed by atoms with E-state index < -0.39 is 0 Å². The summed E-state index contributed by atoms with van der Waals surface area (Å²) >= 11 is 0. The lowest BCUT2D eigenvalue weighted by Crippen LogP contribution is -2.39. The molecule has 0 spiro atoms. The Bertz CT molecular complexity index is 787. The Labute approximate surface area is 147 Å². The maximum absolute atomic E-state index is 12.1. The van der Waals surface area contributed by atoms with E-state index in [1.165, 1.54) is 0 Å². The van der Waals surface area contributed by atoms with Crippen LogP contribution in [0, 0.1) is 0 Å². The first-order valence-electron chi connectivity index (χ1n) is 8.45. The number of benzene rings is 2. The minimum atomic E-state index is -0.206. The number of amides is 1. The molecule has 0 bridgehead atoms. The van der Waals surface area contributed by atoms with E-state index in [0.717, 1.165) is 28.7 Å². The number of aromatic hydroxyl groups is 1. The number of fused-ring (bicyclic) bond motifs is 1. The fraction of sp³-hybridized carbons (Fsp3) is 0.350. The molecule has 1 atom stereocenters. The largest absolute Gasteiger partial charge is 0.508 e. The zero-order valence-corrected chi connectivity index (χ0v) is 14.3. The van der Waals surface area contributed by atoms with Crippen molar-refractivity contribution in [2.75, 3.05) is 6.54 Å². The molecule has 3 rings (SSSR count). The molecule has 132 valence electrons. The number of carbonyl (C=O) groups excluding carboxylic acids is 1. The third kappa shape index (κ3) is 3.52. The molecular formula is C20H23NO4. The van der Waals surface area contributed by atoms with E-state index in [0.29, 0.717) is 18.5 Å². The van der Waals surface area contributed by atoms with Crippen molar-refractivity contribution in [3.8, 4) is 5.75 Å². The molecule has 0 aliphatic carbocycles. The van der Waals surface area contributed by atoms with Crippen LogP contribution < -0.4 is 0 Å². The Morgan fingerprint density at radius 1 is 1.12 bits per heavy atom. The second kappa shape index (κ2) is 7.25. The van der Waals surface area contributed by atoms with Crippen LogP contribution in [0.25, 0.3) is 0 Å². The van der Waals surface area contributed by atoms with Crippen molar-refractivity contribution in [1.82, 2.24) is 4.90 Å². The average Bonchev–Trinajstić information content (AvgIpc) is 2.61. The first-order valence-corrected chi connectivity index (χ1v) is 8.45. The molecule has 0 saturated heterocycles. The molecule has 1 aliphatic heterocycles. The zero-order valence-electron chi connectivity index (χ0n) is 14.3. The van der Waals surface area contributed by atoms with Gasteiger partial charge in [-0.05, 0) is 41.2 Å². The molecule has 5 heteroatoms. The molecule has 1 unspecified atom stereocenters. The number of aliphatic hydroxyl groups excluding tert-OH is 2. The maximum atomic E-state index is 12.1. The summed E-state index contributed by atoms with van der Waals surface area (Å²) in [6.45, 7) is 2.02. The average molecular weight is 341 g/mol. The lowest BCUT2D eigenvalue weighted by molar-refractivity contribution is -0.131. The Kier molecular flexibility index (Phi) is 5.06. The molecule has 1 heterocycles. The normalized spacial score (nSPS) is 16.6. The Morgan fingerprint density at radius 3 is 2.52 bits per heavy atom. The lowest BCUT2D eigenvalue weighted by atomic mass is 9.87. The minimum absolute atomic E-state index is 0.00482. The number of aliphatic hydroxyl groups is 2. The molecular weight excluding hydrogens is 318 g/mol. The van der Waals surface area contributed by atoms with Gasteiger partial charge in [-0.15, -0.1) is 0 Å². The van der Waals surface area contributed by atoms with Crippen LogP contribution in [0.15, 0.2) is 36.4 Å². The highest BCUT2D eigenvalue weighted by molar-refractivity contribution is 5.74. The van der Waals surface area contributed by atoms with Crippen LogP contribution in [-0.4, -0.2) is 32.7 Å². The summed E-state index contributed by atoms with van der Waals surface area (Å²) in [4.78, 5) is 14.0. The van der Waals surface area contributed by atoms with Crippen molar-refractivity contribution in [2.24, 2.45) is 0 Å². The molecule has 0 radical (unpaired) electrons. The van der Waals surface area contributed by atoms with Crippen molar-refractivity contribution >= 4 is 5.91 Å². The van der Waals surface area contributed by atoms with E-state index in [4.69, 9.17) is 0 Å². The smallest absolute Gasteiger partial charge is 0.219 e. The summed E-state index contributed by atoms with van der Waals surface area (Å²) in [7, 11) is 0. The monoisotopic (exact) mass is 341 g/mol. The van der Waals surface area contributed by atoms with Crippen LogP contribution in [0.3, 0.4) is 0 Å². The highest BCUT2D eigenvalue weighted by Crippen LogP contribution is 2.34. The summed E-state index contributed by atoms with van der Waals surface area (Å²) in [5, 5.41) is 28.5. The highest BCUT2D eigenvalue weighted by Gasteiger charge is 2.29. The van der Waals surface area contributed by atoms with Gasteiger partial charge in [0.15, 0.2) is 0 Å². The van der Waals surface area contributed by atoms with Crippen molar-refractivity contribution in [1.29, 1.82) is 0 Å².